The molecule has 0 bridgehead atoms. The number of anilines is 1. The Morgan fingerprint density at radius 2 is 1.77 bits per heavy atom. The van der Waals surface area contributed by atoms with E-state index >= 15 is 0 Å². The van der Waals surface area contributed by atoms with Gasteiger partial charge in [0.25, 0.3) is 5.89 Å². The van der Waals surface area contributed by atoms with Crippen molar-refractivity contribution in [2.24, 2.45) is 0 Å². The number of amides is 1. The summed E-state index contributed by atoms with van der Waals surface area (Å²) in [5.74, 6) is 1.18. The fraction of sp³-hybridized carbons (Fsp3) is 0.250. The SMILES string of the molecule is CC1CN(c2ccccc2)C(=O)CN1Cc1noc(-c2ccccc2)n1. The first-order valence-corrected chi connectivity index (χ1v) is 8.68. The van der Waals surface area contributed by atoms with E-state index in [1.165, 1.54) is 0 Å². The minimum absolute atomic E-state index is 0.0843. The Labute approximate surface area is 152 Å². The van der Waals surface area contributed by atoms with Gasteiger partial charge in [0, 0.05) is 23.8 Å². The van der Waals surface area contributed by atoms with E-state index in [2.05, 4.69) is 22.0 Å². The molecule has 1 aliphatic rings. The Morgan fingerprint density at radius 1 is 1.08 bits per heavy atom. The van der Waals surface area contributed by atoms with E-state index < -0.39 is 0 Å². The van der Waals surface area contributed by atoms with Gasteiger partial charge < -0.3 is 9.42 Å². The van der Waals surface area contributed by atoms with E-state index in [0.29, 0.717) is 31.3 Å². The van der Waals surface area contributed by atoms with Crippen LogP contribution in [0.4, 0.5) is 5.69 Å². The Kier molecular flexibility index (Phi) is 4.50. The van der Waals surface area contributed by atoms with Crippen molar-refractivity contribution in [2.75, 3.05) is 18.0 Å². The molecule has 2 heterocycles. The molecule has 6 nitrogen and oxygen atoms in total. The molecule has 0 aliphatic carbocycles. The molecule has 26 heavy (non-hydrogen) atoms. The van der Waals surface area contributed by atoms with Gasteiger partial charge in [0.1, 0.15) is 0 Å². The van der Waals surface area contributed by atoms with Crippen LogP contribution >= 0.6 is 0 Å². The van der Waals surface area contributed by atoms with Crippen molar-refractivity contribution in [3.8, 4) is 11.5 Å². The number of carbonyl (C=O) groups excluding carboxylic acids is 1. The second-order valence-electron chi connectivity index (χ2n) is 6.48. The summed E-state index contributed by atoms with van der Waals surface area (Å²) < 4.78 is 5.36. The van der Waals surface area contributed by atoms with Crippen LogP contribution in [0, 0.1) is 0 Å². The number of benzene rings is 2. The molecule has 1 amide bonds. The van der Waals surface area contributed by atoms with Gasteiger partial charge in [-0.25, -0.2) is 0 Å². The molecule has 1 aromatic heterocycles. The largest absolute Gasteiger partial charge is 0.334 e. The van der Waals surface area contributed by atoms with Gasteiger partial charge in [-0.1, -0.05) is 41.6 Å². The number of nitrogens with zero attached hydrogens (tertiary/aromatic N) is 4. The van der Waals surface area contributed by atoms with Crippen LogP contribution in [0.15, 0.2) is 65.2 Å². The number of rotatable bonds is 4. The zero-order valence-electron chi connectivity index (χ0n) is 14.6. The van der Waals surface area contributed by atoms with Gasteiger partial charge in [-0.2, -0.15) is 4.98 Å². The number of para-hydroxylation sites is 1. The third-order valence-corrected chi connectivity index (χ3v) is 4.61. The highest BCUT2D eigenvalue weighted by atomic mass is 16.5. The lowest BCUT2D eigenvalue weighted by molar-refractivity contribution is -0.122. The van der Waals surface area contributed by atoms with Crippen molar-refractivity contribution in [3.05, 3.63) is 66.5 Å². The lowest BCUT2D eigenvalue weighted by Gasteiger charge is -2.38. The van der Waals surface area contributed by atoms with Crippen LogP contribution in [0.1, 0.15) is 12.7 Å². The number of aromatic nitrogens is 2. The summed E-state index contributed by atoms with van der Waals surface area (Å²) in [5.41, 5.74) is 1.83. The first-order valence-electron chi connectivity index (χ1n) is 8.68. The maximum absolute atomic E-state index is 12.6. The van der Waals surface area contributed by atoms with Gasteiger partial charge in [0.05, 0.1) is 13.1 Å². The minimum atomic E-state index is 0.0843. The second-order valence-corrected chi connectivity index (χ2v) is 6.48. The minimum Gasteiger partial charge on any atom is -0.334 e. The predicted octanol–water partition coefficient (Wildman–Crippen LogP) is 2.97. The lowest BCUT2D eigenvalue weighted by Crippen LogP contribution is -2.54. The molecule has 2 aromatic carbocycles. The molecular weight excluding hydrogens is 328 g/mol. The summed E-state index contributed by atoms with van der Waals surface area (Å²) in [4.78, 5) is 21.0. The third kappa shape index (κ3) is 3.36. The van der Waals surface area contributed by atoms with E-state index in [-0.39, 0.29) is 11.9 Å². The summed E-state index contributed by atoms with van der Waals surface area (Å²) in [6.45, 7) is 3.59. The van der Waals surface area contributed by atoms with Crippen molar-refractivity contribution >= 4 is 11.6 Å². The zero-order chi connectivity index (χ0) is 17.9. The van der Waals surface area contributed by atoms with Gasteiger partial charge >= 0.3 is 0 Å². The van der Waals surface area contributed by atoms with Crippen LogP contribution in [-0.2, 0) is 11.3 Å². The van der Waals surface area contributed by atoms with Crippen molar-refractivity contribution in [1.82, 2.24) is 15.0 Å². The average molecular weight is 348 g/mol. The summed E-state index contributed by atoms with van der Waals surface area (Å²) >= 11 is 0. The van der Waals surface area contributed by atoms with Crippen LogP contribution < -0.4 is 4.90 Å². The third-order valence-electron chi connectivity index (χ3n) is 4.61. The second kappa shape index (κ2) is 7.09. The van der Waals surface area contributed by atoms with Gasteiger partial charge in [0.15, 0.2) is 5.82 Å². The Hall–Kier alpha value is -2.99. The van der Waals surface area contributed by atoms with Crippen LogP contribution in [0.25, 0.3) is 11.5 Å². The summed E-state index contributed by atoms with van der Waals surface area (Å²) in [6.07, 6.45) is 0. The van der Waals surface area contributed by atoms with Crippen molar-refractivity contribution in [1.29, 1.82) is 0 Å². The van der Waals surface area contributed by atoms with Crippen molar-refractivity contribution in [2.45, 2.75) is 19.5 Å². The fourth-order valence-corrected chi connectivity index (χ4v) is 3.16. The molecule has 0 spiro atoms. The molecule has 132 valence electrons. The van der Waals surface area contributed by atoms with Gasteiger partial charge in [0.2, 0.25) is 5.91 Å². The predicted molar refractivity (Wildman–Crippen MR) is 98.4 cm³/mol. The molecule has 0 saturated carbocycles. The lowest BCUT2D eigenvalue weighted by atomic mass is 10.1. The van der Waals surface area contributed by atoms with Crippen LogP contribution in [0.5, 0.6) is 0 Å². The zero-order valence-corrected chi connectivity index (χ0v) is 14.6. The van der Waals surface area contributed by atoms with Gasteiger partial charge in [-0.15, -0.1) is 0 Å². The maximum atomic E-state index is 12.6. The first-order chi connectivity index (χ1) is 12.7. The van der Waals surface area contributed by atoms with E-state index in [0.717, 1.165) is 11.3 Å². The highest BCUT2D eigenvalue weighted by Crippen LogP contribution is 2.22. The average Bonchev–Trinajstić information content (AvgIpc) is 3.14. The maximum Gasteiger partial charge on any atom is 0.257 e. The highest BCUT2D eigenvalue weighted by Gasteiger charge is 2.31. The monoisotopic (exact) mass is 348 g/mol. The molecule has 1 fully saturated rings. The molecule has 1 aliphatic heterocycles. The molecular formula is C20H20N4O2. The van der Waals surface area contributed by atoms with Crippen LogP contribution in [0.2, 0.25) is 0 Å². The van der Waals surface area contributed by atoms with E-state index in [1.54, 1.807) is 0 Å². The summed E-state index contributed by atoms with van der Waals surface area (Å²) in [5, 5.41) is 4.07. The number of hydrogen-bond donors (Lipinski definition) is 0. The Morgan fingerprint density at radius 3 is 2.50 bits per heavy atom. The fourth-order valence-electron chi connectivity index (χ4n) is 3.16. The molecule has 6 heteroatoms. The molecule has 0 radical (unpaired) electrons. The normalized spacial score (nSPS) is 18.3. The van der Waals surface area contributed by atoms with E-state index in [9.17, 15) is 4.79 Å². The van der Waals surface area contributed by atoms with Crippen LogP contribution in [0.3, 0.4) is 0 Å². The quantitative estimate of drug-likeness (QED) is 0.725. The number of carbonyl (C=O) groups is 1. The number of piperazine rings is 1. The van der Waals surface area contributed by atoms with Crippen LogP contribution in [-0.4, -0.2) is 40.1 Å². The molecule has 3 aromatic rings. The van der Waals surface area contributed by atoms with Gasteiger partial charge in [-0.3, -0.25) is 9.69 Å². The Bertz CT molecular complexity index is 879. The highest BCUT2D eigenvalue weighted by molar-refractivity contribution is 5.95. The molecule has 1 saturated heterocycles. The molecule has 1 unspecified atom stereocenters. The van der Waals surface area contributed by atoms with E-state index in [4.69, 9.17) is 4.52 Å². The van der Waals surface area contributed by atoms with Gasteiger partial charge in [-0.05, 0) is 31.2 Å². The standard InChI is InChI=1S/C20H20N4O2/c1-15-12-24(17-10-6-3-7-11-17)19(25)14-23(15)13-18-21-20(26-22-18)16-8-4-2-5-9-16/h2-11,15H,12-14H2,1H3. The van der Waals surface area contributed by atoms with Crippen molar-refractivity contribution in [3.63, 3.8) is 0 Å². The molecule has 4 rings (SSSR count). The first kappa shape index (κ1) is 16.5. The Balaban J connectivity index is 1.45. The summed E-state index contributed by atoms with van der Waals surface area (Å²) in [7, 11) is 0. The van der Waals surface area contributed by atoms with Crippen molar-refractivity contribution < 1.29 is 9.32 Å². The summed E-state index contributed by atoms with van der Waals surface area (Å²) in [6, 6.07) is 19.7. The topological polar surface area (TPSA) is 62.5 Å². The van der Waals surface area contributed by atoms with E-state index in [1.807, 2.05) is 65.6 Å². The number of hydrogen-bond acceptors (Lipinski definition) is 5. The molecule has 0 N–H and O–H groups in total. The molecule has 1 atom stereocenters. The smallest absolute Gasteiger partial charge is 0.257 e.